The SMILES string of the molecule is C.C1CCC(N=C(NC2CCCCC2)N2CCOCC2)CC1.CC(=O)OC[C@@H](OC(C)=O)C1O[C@@H](OP(=O)(O)O)C(OC(C)=O)[C@@H](C)[C@@H]1C.CC(=O)OC[C@@H](OC(C)=O)C1O[C@@H](OP(=O)(O)OP(=O)(O)OC[C@H]2O[C@@H](n3cnc4c(N)ncnc43)C(O)[C@H]2O)C(OC(C)=O)[C@@H](C)[C@@H]1C.Nc1ncnc2c1ncn2[C@@H]1O[C@H](CO)[C@H](O)C1O.O.O.PN1CCOCC1. The Labute approximate surface area is 728 Å². The van der Waals surface area contributed by atoms with Crippen LogP contribution in [-0.4, -0.2) is 323 Å². The van der Waals surface area contributed by atoms with Gasteiger partial charge in [-0.2, -0.15) is 4.31 Å². The summed E-state index contributed by atoms with van der Waals surface area (Å²) >= 11 is 0. The summed E-state index contributed by atoms with van der Waals surface area (Å²) in [4.78, 5) is 139. The normalized spacial score (nSPS) is 29.2. The van der Waals surface area contributed by atoms with Crippen molar-refractivity contribution in [2.75, 3.05) is 90.5 Å². The number of fused-ring (bicyclic) bond motifs is 2. The summed E-state index contributed by atoms with van der Waals surface area (Å²) in [6.45, 7) is 18.7. The zero-order valence-electron chi connectivity index (χ0n) is 70.8. The van der Waals surface area contributed by atoms with E-state index in [1.54, 1.807) is 27.7 Å². The fourth-order valence-electron chi connectivity index (χ4n) is 14.7. The van der Waals surface area contributed by atoms with Crippen LogP contribution in [0.2, 0.25) is 0 Å². The molecule has 23 atom stereocenters. The Morgan fingerprint density at radius 2 is 0.976 bits per heavy atom. The molecule has 6 saturated heterocycles. The molecule has 54 heteroatoms. The van der Waals surface area contributed by atoms with Crippen molar-refractivity contribution >= 4 is 109 Å². The van der Waals surface area contributed by atoms with Crippen LogP contribution in [0.25, 0.3) is 22.3 Å². The van der Waals surface area contributed by atoms with E-state index in [2.05, 4.69) is 63.0 Å². The van der Waals surface area contributed by atoms with Gasteiger partial charge in [0, 0.05) is 85.6 Å². The third-order valence-electron chi connectivity index (χ3n) is 21.2. The topological polar surface area (TPSA) is 716 Å². The predicted octanol–water partition coefficient (Wildman–Crippen LogP) is 0.266. The number of anilines is 2. The Kier molecular flexibility index (Phi) is 44.3. The lowest BCUT2D eigenvalue weighted by molar-refractivity contribution is -0.271. The molecule has 0 amide bonds. The lowest BCUT2D eigenvalue weighted by Gasteiger charge is -2.45. The number of imidazole rings is 2. The smallest absolute Gasteiger partial charge is 0.462 e. The van der Waals surface area contributed by atoms with Gasteiger partial charge in [0.2, 0.25) is 12.6 Å². The molecule has 6 aliphatic heterocycles. The summed E-state index contributed by atoms with van der Waals surface area (Å²) in [5.41, 5.74) is 12.5. The van der Waals surface area contributed by atoms with E-state index in [9.17, 15) is 72.7 Å². The first-order valence-electron chi connectivity index (χ1n) is 40.0. The number of aliphatic imine (C=N–C) groups is 1. The number of nitrogens with two attached hydrogens (primary N) is 2. The number of rotatable bonds is 24. The highest BCUT2D eigenvalue weighted by molar-refractivity contribution is 7.61. The number of nitrogens with one attached hydrogen (secondary N) is 1. The lowest BCUT2D eigenvalue weighted by Crippen LogP contribution is -2.56. The van der Waals surface area contributed by atoms with Crippen molar-refractivity contribution in [1.82, 2.24) is 53.9 Å². The minimum absolute atomic E-state index is 0. The van der Waals surface area contributed by atoms with Crippen molar-refractivity contribution in [2.24, 2.45) is 28.7 Å². The number of hydrogen-bond donors (Lipinski definition) is 12. The molecule has 10 heterocycles. The third-order valence-corrected chi connectivity index (χ3v) is 24.8. The molecular weight excluding hydrogens is 1760 g/mol. The first-order chi connectivity index (χ1) is 58.1. The Bertz CT molecular complexity index is 4270. The first-order valence-corrected chi connectivity index (χ1v) is 45.0. The Balaban J connectivity index is 0.000000308. The van der Waals surface area contributed by atoms with Gasteiger partial charge in [0.25, 0.3) is 0 Å². The quantitative estimate of drug-likeness (QED) is 0.0147. The van der Waals surface area contributed by atoms with Gasteiger partial charge in [-0.05, 0) is 37.5 Å². The molecule has 126 heavy (non-hydrogen) atoms. The van der Waals surface area contributed by atoms with Gasteiger partial charge < -0.3 is 135 Å². The number of ether oxygens (including phenoxy) is 12. The average molecular weight is 1890 g/mol. The molecule has 8 aliphatic rings. The highest BCUT2D eigenvalue weighted by Gasteiger charge is 2.54. The maximum absolute atomic E-state index is 13.0. The molecule has 4 aromatic rings. The van der Waals surface area contributed by atoms with Crippen LogP contribution in [0, 0.1) is 23.7 Å². The molecule has 0 bridgehead atoms. The Morgan fingerprint density at radius 3 is 1.37 bits per heavy atom. The van der Waals surface area contributed by atoms with Crippen molar-refractivity contribution in [3.05, 3.63) is 25.3 Å². The molecular formula is C72H124N14O36P4. The number of hydrogen-bond acceptors (Lipinski definition) is 40. The van der Waals surface area contributed by atoms with Crippen molar-refractivity contribution in [3.8, 4) is 0 Å². The summed E-state index contributed by atoms with van der Waals surface area (Å²) in [5.74, 6) is -5.08. The van der Waals surface area contributed by atoms with Gasteiger partial charge >= 0.3 is 59.3 Å². The number of phosphoric ester groups is 3. The zero-order valence-corrected chi connectivity index (χ0v) is 74.6. The molecule has 718 valence electrons. The second kappa shape index (κ2) is 51.0. The van der Waals surface area contributed by atoms with Crippen molar-refractivity contribution in [2.45, 2.75) is 251 Å². The lowest BCUT2D eigenvalue weighted by atomic mass is 9.81. The van der Waals surface area contributed by atoms with Gasteiger partial charge in [-0.1, -0.05) is 83.0 Å². The molecule has 18 N–H and O–H groups in total. The number of aromatic nitrogens is 8. The van der Waals surface area contributed by atoms with Gasteiger partial charge in [-0.3, -0.25) is 56.1 Å². The Hall–Kier alpha value is -6.97. The number of nitrogens with zero attached hydrogens (tertiary/aromatic N) is 11. The van der Waals surface area contributed by atoms with Crippen LogP contribution in [0.5, 0.6) is 0 Å². The summed E-state index contributed by atoms with van der Waals surface area (Å²) < 4.78 is 125. The standard InChI is InChI=1S/C25H37N5O17P2.C17H31N3O.C15H25O11P.C10H13N5O4.C4H10NOP.CH4.2H2O/c1-10-11(2)21(43-14(5)33)25(45-20(10)16(42-13(4)32)6-40-12(3)31)46-49(38,39)47-48(36,37)41-7-15-18(34)19(35)24(44-15)30-9-29-17-22(26)27-8-28-23(17)30;1-3-7-15(8-4-1)18-17(20-11-13-21-14-12-20)19-16-9-5-2-6-10-16;1-7-8(2)14(24-11(5)18)15(26-27(19,20)21)25-13(7)12(23-10(4)17)6-22-9(3)16;11-8-5-9(13-2-12-8)15(3-14-5)10-7(18)6(17)4(1-16)19-10;7-5-1-3-6-4-2-5;;;/h8-11,15-16,18-21,24-25,34-35H,6-7H2,1-5H3,(H,36,37)(H,38,39)(H2,26,27,28);15-16H,1-14H2,(H,18,19);7-8,12-15H,6H2,1-5H3,(H2,19,20,21);2-4,6-7,10,16-18H,1H2,(H2,11,12,13);1-4,7H2;1H4;2*1H2/t10-,11-,15+,16+,18-,19?,20?,21?,24+,25-;;7-,8-,12+,13?,14?,15-;4-,6+,7?,10-;;;;/m0.01..../s1. The second-order valence-corrected chi connectivity index (χ2v) is 35.3. The fraction of sp³-hybridized carbons (Fsp3) is 0.764. The second-order valence-electron chi connectivity index (χ2n) is 30.4. The van der Waals surface area contributed by atoms with E-state index in [1.807, 2.05) is 0 Å². The van der Waals surface area contributed by atoms with E-state index in [0.29, 0.717) is 23.2 Å². The highest BCUT2D eigenvalue weighted by Crippen LogP contribution is 2.62. The largest absolute Gasteiger partial charge is 0.483 e. The number of guanidine groups is 1. The van der Waals surface area contributed by atoms with Crippen LogP contribution in [0.15, 0.2) is 30.3 Å². The fourth-order valence-corrected chi connectivity index (χ4v) is 17.5. The maximum atomic E-state index is 13.0. The third kappa shape index (κ3) is 32.3. The van der Waals surface area contributed by atoms with Crippen LogP contribution < -0.4 is 16.8 Å². The van der Waals surface area contributed by atoms with Crippen molar-refractivity contribution < 1.29 is 173 Å². The van der Waals surface area contributed by atoms with Gasteiger partial charge in [0.1, 0.15) is 85.7 Å². The number of phosphoric acid groups is 3. The van der Waals surface area contributed by atoms with Crippen LogP contribution in [0.4, 0.5) is 11.6 Å². The first kappa shape index (κ1) is 110. The van der Waals surface area contributed by atoms with Gasteiger partial charge in [0.15, 0.2) is 65.8 Å². The number of carbonyl (C=O) groups excluding carboxylic acids is 6. The maximum Gasteiger partial charge on any atom is 0.483 e. The molecule has 9 unspecified atom stereocenters. The Morgan fingerprint density at radius 1 is 0.556 bits per heavy atom. The van der Waals surface area contributed by atoms with Gasteiger partial charge in [-0.25, -0.2) is 48.6 Å². The summed E-state index contributed by atoms with van der Waals surface area (Å²) in [6.07, 6.45) is -2.22. The number of aliphatic hydroxyl groups is 5. The number of carbonyl (C=O) groups is 6. The minimum atomic E-state index is -5.64. The molecule has 0 aromatic carbocycles. The van der Waals surface area contributed by atoms with E-state index in [1.165, 1.54) is 105 Å². The van der Waals surface area contributed by atoms with Gasteiger partial charge in [-0.15, -0.1) is 0 Å². The van der Waals surface area contributed by atoms with Crippen LogP contribution in [0.1, 0.15) is 153 Å². The molecule has 12 rings (SSSR count). The molecule has 4 aromatic heterocycles. The zero-order chi connectivity index (χ0) is 90.4. The van der Waals surface area contributed by atoms with Crippen LogP contribution in [0.3, 0.4) is 0 Å². The number of esters is 6. The van der Waals surface area contributed by atoms with E-state index in [4.69, 9.17) is 97.2 Å². The summed E-state index contributed by atoms with van der Waals surface area (Å²) in [6, 6.07) is 1.19. The van der Waals surface area contributed by atoms with Crippen molar-refractivity contribution in [1.29, 1.82) is 0 Å². The molecule has 2 aliphatic carbocycles. The summed E-state index contributed by atoms with van der Waals surface area (Å²) in [5, 5.41) is 53.7. The molecule has 0 spiro atoms. The monoisotopic (exact) mass is 1880 g/mol. The number of aliphatic hydroxyl groups excluding tert-OH is 5. The molecule has 0 radical (unpaired) electrons. The highest BCUT2D eigenvalue weighted by atomic mass is 31.3. The van der Waals surface area contributed by atoms with Crippen LogP contribution in [-0.2, 0) is 117 Å². The van der Waals surface area contributed by atoms with Gasteiger partial charge in [0.05, 0.1) is 58.3 Å². The van der Waals surface area contributed by atoms with E-state index >= 15 is 0 Å². The number of morpholine rings is 2. The average Bonchev–Trinajstić information content (AvgIpc) is 1.55. The summed E-state index contributed by atoms with van der Waals surface area (Å²) in [7, 11) is -13.5. The van der Waals surface area contributed by atoms with E-state index < -0.39 is 201 Å². The predicted molar refractivity (Wildman–Crippen MR) is 442 cm³/mol. The van der Waals surface area contributed by atoms with E-state index in [-0.39, 0.29) is 47.8 Å². The molecule has 2 saturated carbocycles. The van der Waals surface area contributed by atoms with Crippen LogP contribution >= 0.6 is 32.9 Å². The minimum Gasteiger partial charge on any atom is -0.462 e. The molecule has 50 nitrogen and oxygen atoms in total. The molecule has 8 fully saturated rings. The number of nitrogen functional groups attached to an aromatic ring is 2. The van der Waals surface area contributed by atoms with Crippen molar-refractivity contribution in [3.63, 3.8) is 0 Å². The van der Waals surface area contributed by atoms with E-state index in [0.717, 1.165) is 93.6 Å².